The lowest BCUT2D eigenvalue weighted by Crippen LogP contribution is -2.27. The molecule has 0 heterocycles. The van der Waals surface area contributed by atoms with Crippen molar-refractivity contribution < 1.29 is 22.5 Å². The van der Waals surface area contributed by atoms with E-state index in [1.807, 2.05) is 0 Å². The average molecular weight is 326 g/mol. The molecule has 106 valence electrons. The minimum atomic E-state index is -3.84. The van der Waals surface area contributed by atoms with Crippen LogP contribution in [0.4, 0.5) is 0 Å². The van der Waals surface area contributed by atoms with Crippen molar-refractivity contribution in [3.63, 3.8) is 0 Å². The van der Waals surface area contributed by atoms with Crippen LogP contribution in [0.3, 0.4) is 0 Å². The normalized spacial score (nSPS) is 13.2. The lowest BCUT2D eigenvalue weighted by Gasteiger charge is -2.07. The Labute approximate surface area is 118 Å². The molecule has 2 N–H and O–H groups in total. The Kier molecular flexibility index (Phi) is 5.48. The first-order chi connectivity index (χ1) is 8.74. The number of hydrogen-bond acceptors (Lipinski definition) is 4. The molecule has 0 aliphatic rings. The largest absolute Gasteiger partial charge is 0.478 e. The van der Waals surface area contributed by atoms with Crippen molar-refractivity contribution in [3.05, 3.63) is 28.8 Å². The number of carbonyl (C=O) groups is 1. The van der Waals surface area contributed by atoms with Crippen LogP contribution in [0.2, 0.25) is 5.02 Å². The molecule has 1 atom stereocenters. The predicted molar refractivity (Wildman–Crippen MR) is 72.5 cm³/mol. The Hall–Kier alpha value is -0.960. The van der Waals surface area contributed by atoms with Gasteiger partial charge >= 0.3 is 5.97 Å². The molecular weight excluding hydrogens is 314 g/mol. The summed E-state index contributed by atoms with van der Waals surface area (Å²) in [6.45, 7) is 0.0104. The topological polar surface area (TPSA) is 101 Å². The van der Waals surface area contributed by atoms with Crippen LogP contribution in [0.25, 0.3) is 0 Å². The van der Waals surface area contributed by atoms with E-state index >= 15 is 0 Å². The molecule has 1 unspecified atom stereocenters. The van der Waals surface area contributed by atoms with Crippen LogP contribution < -0.4 is 4.72 Å². The molecule has 1 aromatic rings. The molecular formula is C10H12ClNO5S2. The van der Waals surface area contributed by atoms with Gasteiger partial charge in [-0.1, -0.05) is 11.6 Å². The second-order valence-corrected chi connectivity index (χ2v) is 7.35. The van der Waals surface area contributed by atoms with Crippen molar-refractivity contribution in [3.8, 4) is 0 Å². The van der Waals surface area contributed by atoms with E-state index in [0.29, 0.717) is 0 Å². The average Bonchev–Trinajstić information content (AvgIpc) is 2.27. The molecule has 0 saturated heterocycles. The van der Waals surface area contributed by atoms with E-state index in [-0.39, 0.29) is 27.8 Å². The number of hydrogen-bond donors (Lipinski definition) is 2. The zero-order valence-corrected chi connectivity index (χ0v) is 12.3. The number of nitrogens with one attached hydrogen (secondary N) is 1. The molecule has 1 rings (SSSR count). The number of halogens is 1. The standard InChI is InChI=1S/C10H12ClNO5S2/c1-18(15)5-4-12-19(16,17)7-2-3-9(11)8(6-7)10(13)14/h2-3,6,12H,4-5H2,1H3,(H,13,14). The fourth-order valence-electron chi connectivity index (χ4n) is 1.24. The van der Waals surface area contributed by atoms with Crippen LogP contribution in [0, 0.1) is 0 Å². The quantitative estimate of drug-likeness (QED) is 0.801. The molecule has 0 bridgehead atoms. The summed E-state index contributed by atoms with van der Waals surface area (Å²) in [6, 6.07) is 3.40. The van der Waals surface area contributed by atoms with Crippen molar-refractivity contribution in [1.29, 1.82) is 0 Å². The van der Waals surface area contributed by atoms with Crippen molar-refractivity contribution >= 4 is 38.4 Å². The number of benzene rings is 1. The summed E-state index contributed by atoms with van der Waals surface area (Å²) in [6.07, 6.45) is 1.46. The molecule has 0 fully saturated rings. The summed E-state index contributed by atoms with van der Waals surface area (Å²) in [5.41, 5.74) is -0.288. The van der Waals surface area contributed by atoms with Gasteiger partial charge in [0.25, 0.3) is 0 Å². The van der Waals surface area contributed by atoms with Gasteiger partial charge in [-0.05, 0) is 18.2 Å². The van der Waals surface area contributed by atoms with Crippen molar-refractivity contribution in [2.24, 2.45) is 0 Å². The van der Waals surface area contributed by atoms with E-state index in [4.69, 9.17) is 16.7 Å². The first kappa shape index (κ1) is 16.1. The maximum absolute atomic E-state index is 11.9. The van der Waals surface area contributed by atoms with Crippen LogP contribution in [-0.4, -0.2) is 42.3 Å². The van der Waals surface area contributed by atoms with Gasteiger partial charge in [0.1, 0.15) is 0 Å². The third-order valence-electron chi connectivity index (χ3n) is 2.16. The molecule has 9 heteroatoms. The van der Waals surface area contributed by atoms with Gasteiger partial charge in [-0.3, -0.25) is 4.21 Å². The second kappa shape index (κ2) is 6.47. The van der Waals surface area contributed by atoms with E-state index in [1.165, 1.54) is 18.4 Å². The summed E-state index contributed by atoms with van der Waals surface area (Å²) in [5.74, 6) is -1.13. The maximum atomic E-state index is 11.9. The first-order valence-electron chi connectivity index (χ1n) is 5.06. The lowest BCUT2D eigenvalue weighted by molar-refractivity contribution is 0.0697. The summed E-state index contributed by atoms with van der Waals surface area (Å²) >= 11 is 5.65. The Balaban J connectivity index is 2.99. The minimum absolute atomic E-state index is 0.0104. The third kappa shape index (κ3) is 4.57. The summed E-state index contributed by atoms with van der Waals surface area (Å²) in [7, 11) is -4.95. The Morgan fingerprint density at radius 3 is 2.63 bits per heavy atom. The molecule has 1 aromatic carbocycles. The number of carboxylic acids is 1. The lowest BCUT2D eigenvalue weighted by atomic mass is 10.2. The zero-order valence-electron chi connectivity index (χ0n) is 9.92. The maximum Gasteiger partial charge on any atom is 0.337 e. The van der Waals surface area contributed by atoms with Gasteiger partial charge in [-0.2, -0.15) is 0 Å². The highest BCUT2D eigenvalue weighted by Gasteiger charge is 2.18. The van der Waals surface area contributed by atoms with Crippen LogP contribution in [0.1, 0.15) is 10.4 Å². The molecule has 0 spiro atoms. The summed E-state index contributed by atoms with van der Waals surface area (Å²) in [4.78, 5) is 10.7. The SMILES string of the molecule is CS(=O)CCNS(=O)(=O)c1ccc(Cl)c(C(=O)O)c1. The molecule has 6 nitrogen and oxygen atoms in total. The molecule has 0 saturated carbocycles. The van der Waals surface area contributed by atoms with E-state index < -0.39 is 26.8 Å². The Morgan fingerprint density at radius 2 is 2.11 bits per heavy atom. The molecule has 0 aliphatic heterocycles. The fraction of sp³-hybridized carbons (Fsp3) is 0.300. The Morgan fingerprint density at radius 1 is 1.47 bits per heavy atom. The van der Waals surface area contributed by atoms with Gasteiger partial charge in [0.15, 0.2) is 0 Å². The molecule has 0 radical (unpaired) electrons. The van der Waals surface area contributed by atoms with E-state index in [2.05, 4.69) is 4.72 Å². The third-order valence-corrected chi connectivity index (χ3v) is 4.73. The summed E-state index contributed by atoms with van der Waals surface area (Å²) in [5, 5.41) is 8.82. The van der Waals surface area contributed by atoms with Gasteiger partial charge < -0.3 is 5.11 Å². The number of sulfonamides is 1. The van der Waals surface area contributed by atoms with Crippen molar-refractivity contribution in [2.75, 3.05) is 18.6 Å². The molecule has 0 amide bonds. The molecule has 0 aromatic heterocycles. The second-order valence-electron chi connectivity index (χ2n) is 3.62. The van der Waals surface area contributed by atoms with E-state index in [1.54, 1.807) is 0 Å². The van der Waals surface area contributed by atoms with Crippen LogP contribution in [0.5, 0.6) is 0 Å². The van der Waals surface area contributed by atoms with Gasteiger partial charge in [0, 0.05) is 29.4 Å². The number of rotatable bonds is 6. The van der Waals surface area contributed by atoms with Gasteiger partial charge in [-0.25, -0.2) is 17.9 Å². The molecule has 19 heavy (non-hydrogen) atoms. The number of aromatic carboxylic acids is 1. The van der Waals surface area contributed by atoms with Crippen molar-refractivity contribution in [2.45, 2.75) is 4.90 Å². The van der Waals surface area contributed by atoms with E-state index in [9.17, 15) is 17.4 Å². The minimum Gasteiger partial charge on any atom is -0.478 e. The highest BCUT2D eigenvalue weighted by molar-refractivity contribution is 7.89. The highest BCUT2D eigenvalue weighted by atomic mass is 35.5. The smallest absolute Gasteiger partial charge is 0.337 e. The van der Waals surface area contributed by atoms with Gasteiger partial charge in [-0.15, -0.1) is 0 Å². The zero-order chi connectivity index (χ0) is 14.6. The van der Waals surface area contributed by atoms with Crippen LogP contribution in [0.15, 0.2) is 23.1 Å². The monoisotopic (exact) mass is 325 g/mol. The fourth-order valence-corrected chi connectivity index (χ4v) is 3.01. The van der Waals surface area contributed by atoms with Crippen LogP contribution in [-0.2, 0) is 20.8 Å². The Bertz CT molecular complexity index is 614. The molecule has 0 aliphatic carbocycles. The number of carboxylic acid groups (broad SMARTS) is 1. The summed E-state index contributed by atoms with van der Waals surface area (Å²) < 4.78 is 36.8. The highest BCUT2D eigenvalue weighted by Crippen LogP contribution is 2.20. The first-order valence-corrected chi connectivity index (χ1v) is 8.65. The van der Waals surface area contributed by atoms with Gasteiger partial charge in [0.05, 0.1) is 15.5 Å². The van der Waals surface area contributed by atoms with Crippen molar-refractivity contribution in [1.82, 2.24) is 4.72 Å². The van der Waals surface area contributed by atoms with Crippen LogP contribution >= 0.6 is 11.6 Å². The predicted octanol–water partition coefficient (Wildman–Crippen LogP) is 0.695. The van der Waals surface area contributed by atoms with Gasteiger partial charge in [0.2, 0.25) is 10.0 Å². The van der Waals surface area contributed by atoms with E-state index in [0.717, 1.165) is 6.07 Å².